The maximum absolute atomic E-state index is 12.2. The van der Waals surface area contributed by atoms with Gasteiger partial charge in [0.2, 0.25) is 0 Å². The lowest BCUT2D eigenvalue weighted by Crippen LogP contribution is -2.44. The first kappa shape index (κ1) is 16.3. The molecule has 9 nitrogen and oxygen atoms in total. The molecule has 24 heavy (non-hydrogen) atoms. The van der Waals surface area contributed by atoms with Crippen LogP contribution in [0, 0.1) is 0 Å². The summed E-state index contributed by atoms with van der Waals surface area (Å²) < 4.78 is 0. The molecule has 3 heterocycles. The summed E-state index contributed by atoms with van der Waals surface area (Å²) in [5.41, 5.74) is -0.721. The maximum Gasteiger partial charge on any atom is 0.327 e. The number of carbonyl (C=O) groups is 1. The third-order valence-electron chi connectivity index (χ3n) is 4.00. The van der Waals surface area contributed by atoms with E-state index in [9.17, 15) is 14.4 Å². The van der Waals surface area contributed by atoms with Gasteiger partial charge < -0.3 is 15.5 Å². The van der Waals surface area contributed by atoms with Crippen LogP contribution in [0.3, 0.4) is 0 Å². The number of aromatic nitrogens is 3. The highest BCUT2D eigenvalue weighted by molar-refractivity contribution is 5.96. The second kappa shape index (κ2) is 7.37. The van der Waals surface area contributed by atoms with Crippen LogP contribution in [0.4, 0.5) is 0 Å². The predicted octanol–water partition coefficient (Wildman–Crippen LogP) is -1.36. The Kier molecular flexibility index (Phi) is 5.02. The highest BCUT2D eigenvalue weighted by Gasteiger charge is 2.11. The van der Waals surface area contributed by atoms with Gasteiger partial charge in [0.25, 0.3) is 11.5 Å². The van der Waals surface area contributed by atoms with E-state index in [4.69, 9.17) is 0 Å². The minimum absolute atomic E-state index is 0.166. The summed E-state index contributed by atoms with van der Waals surface area (Å²) in [6.07, 6.45) is 2.21. The van der Waals surface area contributed by atoms with Crippen molar-refractivity contribution >= 4 is 16.9 Å². The average molecular weight is 332 g/mol. The molecule has 0 spiro atoms. The van der Waals surface area contributed by atoms with Crippen LogP contribution >= 0.6 is 0 Å². The Bertz CT molecular complexity index is 837. The normalized spacial score (nSPS) is 15.5. The smallest absolute Gasteiger partial charge is 0.327 e. The number of nitrogens with zero attached hydrogens (tertiary/aromatic N) is 2. The van der Waals surface area contributed by atoms with Crippen molar-refractivity contribution in [1.29, 1.82) is 0 Å². The molecule has 4 N–H and O–H groups in total. The van der Waals surface area contributed by atoms with Crippen LogP contribution in [0.25, 0.3) is 11.0 Å². The molecule has 128 valence electrons. The summed E-state index contributed by atoms with van der Waals surface area (Å²) in [6.45, 7) is 5.58. The molecule has 1 amide bonds. The molecule has 0 saturated carbocycles. The van der Waals surface area contributed by atoms with Crippen LogP contribution in [-0.4, -0.2) is 65.0 Å². The third kappa shape index (κ3) is 3.87. The van der Waals surface area contributed by atoms with E-state index in [0.717, 1.165) is 39.1 Å². The van der Waals surface area contributed by atoms with Crippen LogP contribution in [0.5, 0.6) is 0 Å². The van der Waals surface area contributed by atoms with Gasteiger partial charge in [-0.25, -0.2) is 9.78 Å². The first-order valence-corrected chi connectivity index (χ1v) is 7.97. The Morgan fingerprint density at radius 1 is 1.25 bits per heavy atom. The van der Waals surface area contributed by atoms with E-state index in [1.165, 1.54) is 12.3 Å². The topological polar surface area (TPSA) is 123 Å². The van der Waals surface area contributed by atoms with Gasteiger partial charge in [-0.05, 0) is 19.0 Å². The Hall–Kier alpha value is -2.52. The van der Waals surface area contributed by atoms with E-state index >= 15 is 0 Å². The molecule has 0 aromatic carbocycles. The van der Waals surface area contributed by atoms with Crippen molar-refractivity contribution in [2.75, 3.05) is 39.3 Å². The average Bonchev–Trinajstić information content (AvgIpc) is 2.59. The lowest BCUT2D eigenvalue weighted by molar-refractivity contribution is 0.0951. The lowest BCUT2D eigenvalue weighted by atomic mass is 10.2. The zero-order valence-corrected chi connectivity index (χ0v) is 13.2. The molecule has 1 saturated heterocycles. The number of amides is 1. The van der Waals surface area contributed by atoms with Crippen molar-refractivity contribution in [3.63, 3.8) is 0 Å². The first-order valence-electron chi connectivity index (χ1n) is 7.97. The molecule has 0 bridgehead atoms. The molecule has 1 fully saturated rings. The molecule has 9 heteroatoms. The fraction of sp³-hybridized carbons (Fsp3) is 0.467. The second-order valence-electron chi connectivity index (χ2n) is 5.73. The number of carbonyl (C=O) groups excluding carboxylic acids is 1. The first-order chi connectivity index (χ1) is 11.6. The maximum atomic E-state index is 12.2. The van der Waals surface area contributed by atoms with Crippen molar-refractivity contribution in [1.82, 2.24) is 30.5 Å². The monoisotopic (exact) mass is 332 g/mol. The molecule has 3 rings (SSSR count). The van der Waals surface area contributed by atoms with Crippen LogP contribution in [0.2, 0.25) is 0 Å². The van der Waals surface area contributed by atoms with Crippen molar-refractivity contribution < 1.29 is 4.79 Å². The molecule has 0 atom stereocenters. The largest absolute Gasteiger partial charge is 0.352 e. The standard InChI is InChI=1S/C15H20N6O3/c22-13(17-2-1-5-21-6-3-16-4-7-21)10-8-11-12(18-9-10)19-15(24)20-14(11)23/h8-9,16H,1-7H2,(H,17,22)(H2,18,19,20,23,24). The van der Waals surface area contributed by atoms with E-state index in [0.29, 0.717) is 12.1 Å². The van der Waals surface area contributed by atoms with E-state index in [1.807, 2.05) is 0 Å². The fourth-order valence-corrected chi connectivity index (χ4v) is 2.71. The van der Waals surface area contributed by atoms with Gasteiger partial charge in [-0.3, -0.25) is 19.6 Å². The molecular formula is C15H20N6O3. The number of H-pyrrole nitrogens is 2. The third-order valence-corrected chi connectivity index (χ3v) is 4.00. The van der Waals surface area contributed by atoms with Gasteiger partial charge in [-0.1, -0.05) is 0 Å². The lowest BCUT2D eigenvalue weighted by Gasteiger charge is -2.27. The number of fused-ring (bicyclic) bond motifs is 1. The highest BCUT2D eigenvalue weighted by atomic mass is 16.2. The molecule has 0 unspecified atom stereocenters. The molecular weight excluding hydrogens is 312 g/mol. The van der Waals surface area contributed by atoms with Crippen LogP contribution in [0.15, 0.2) is 21.9 Å². The summed E-state index contributed by atoms with van der Waals surface area (Å²) in [5, 5.41) is 6.31. The van der Waals surface area contributed by atoms with Crippen LogP contribution < -0.4 is 21.9 Å². The second-order valence-corrected chi connectivity index (χ2v) is 5.73. The minimum Gasteiger partial charge on any atom is -0.352 e. The number of hydrogen-bond donors (Lipinski definition) is 4. The Morgan fingerprint density at radius 2 is 2.04 bits per heavy atom. The van der Waals surface area contributed by atoms with Crippen molar-refractivity contribution in [3.05, 3.63) is 38.7 Å². The molecule has 0 radical (unpaired) electrons. The quantitative estimate of drug-likeness (QED) is 0.501. The molecule has 1 aliphatic rings. The highest BCUT2D eigenvalue weighted by Crippen LogP contribution is 2.05. The summed E-state index contributed by atoms with van der Waals surface area (Å²) in [7, 11) is 0. The fourth-order valence-electron chi connectivity index (χ4n) is 2.71. The van der Waals surface area contributed by atoms with E-state index in [-0.39, 0.29) is 16.9 Å². The number of hydrogen-bond acceptors (Lipinski definition) is 6. The number of piperazine rings is 1. The van der Waals surface area contributed by atoms with Crippen LogP contribution in [-0.2, 0) is 0 Å². The summed E-state index contributed by atoms with van der Waals surface area (Å²) in [5.74, 6) is -0.282. The number of rotatable bonds is 5. The number of nitrogens with one attached hydrogen (secondary N) is 4. The van der Waals surface area contributed by atoms with Gasteiger partial charge in [0.15, 0.2) is 0 Å². The molecule has 2 aromatic heterocycles. The predicted molar refractivity (Wildman–Crippen MR) is 89.2 cm³/mol. The Balaban J connectivity index is 1.57. The van der Waals surface area contributed by atoms with Crippen molar-refractivity contribution in [3.8, 4) is 0 Å². The van der Waals surface area contributed by atoms with Crippen molar-refractivity contribution in [2.24, 2.45) is 0 Å². The molecule has 0 aliphatic carbocycles. The SMILES string of the molecule is O=C(NCCCN1CCNCC1)c1cnc2[nH]c(=O)[nH]c(=O)c2c1. The minimum atomic E-state index is -0.620. The summed E-state index contributed by atoms with van der Waals surface area (Å²) >= 11 is 0. The number of aromatic amines is 2. The van der Waals surface area contributed by atoms with Gasteiger partial charge in [0.1, 0.15) is 5.65 Å². The summed E-state index contributed by atoms with van der Waals surface area (Å²) in [4.78, 5) is 46.0. The molecule has 1 aliphatic heterocycles. The molecule has 2 aromatic rings. The van der Waals surface area contributed by atoms with Gasteiger partial charge in [0, 0.05) is 38.9 Å². The zero-order chi connectivity index (χ0) is 16.9. The van der Waals surface area contributed by atoms with E-state index in [2.05, 4.69) is 30.5 Å². The zero-order valence-electron chi connectivity index (χ0n) is 13.2. The van der Waals surface area contributed by atoms with Gasteiger partial charge in [-0.2, -0.15) is 0 Å². The van der Waals surface area contributed by atoms with Gasteiger partial charge in [0.05, 0.1) is 10.9 Å². The van der Waals surface area contributed by atoms with Crippen molar-refractivity contribution in [2.45, 2.75) is 6.42 Å². The van der Waals surface area contributed by atoms with E-state index < -0.39 is 11.2 Å². The Morgan fingerprint density at radius 3 is 2.83 bits per heavy atom. The van der Waals surface area contributed by atoms with Crippen LogP contribution in [0.1, 0.15) is 16.8 Å². The number of pyridine rings is 1. The van der Waals surface area contributed by atoms with E-state index in [1.54, 1.807) is 0 Å². The summed E-state index contributed by atoms with van der Waals surface area (Å²) in [6, 6.07) is 1.43. The Labute approximate surface area is 137 Å². The van der Waals surface area contributed by atoms with Gasteiger partial charge in [-0.15, -0.1) is 0 Å². The van der Waals surface area contributed by atoms with Gasteiger partial charge >= 0.3 is 5.69 Å².